The smallest absolute Gasteiger partial charge is 0.0911 e. The number of carboxylic acid groups (broad SMARTS) is 1. The highest BCUT2D eigenvalue weighted by Crippen LogP contribution is 2.30. The predicted molar refractivity (Wildman–Crippen MR) is 65.6 cm³/mol. The van der Waals surface area contributed by atoms with Gasteiger partial charge in [0.1, 0.15) is 0 Å². The van der Waals surface area contributed by atoms with Gasteiger partial charge in [0.2, 0.25) is 0 Å². The molecule has 0 heterocycles. The van der Waals surface area contributed by atoms with Crippen LogP contribution >= 0.6 is 0 Å². The van der Waals surface area contributed by atoms with Gasteiger partial charge >= 0.3 is 0 Å². The summed E-state index contributed by atoms with van der Waals surface area (Å²) in [7, 11) is 0. The van der Waals surface area contributed by atoms with E-state index >= 15 is 0 Å². The Bertz CT molecular complexity index is 508. The molecule has 2 aromatic rings. The van der Waals surface area contributed by atoms with Gasteiger partial charge in [-0.25, -0.2) is 0 Å². The molecule has 0 radical (unpaired) electrons. The van der Waals surface area contributed by atoms with Gasteiger partial charge in [-0.3, -0.25) is 0 Å². The summed E-state index contributed by atoms with van der Waals surface area (Å²) < 4.78 is 0. The number of carboxylic acids is 1. The lowest BCUT2D eigenvalue weighted by molar-refractivity contribution is -0.310. The van der Waals surface area contributed by atoms with Crippen LogP contribution in [0.4, 0.5) is 0 Å². The summed E-state index contributed by atoms with van der Waals surface area (Å²) in [5.74, 6) is -2.34. The molecule has 0 fully saturated rings. The van der Waals surface area contributed by atoms with Crippen molar-refractivity contribution in [1.29, 1.82) is 0 Å². The summed E-state index contributed by atoms with van der Waals surface area (Å²) in [5, 5.41) is 21.4. The van der Waals surface area contributed by atoms with E-state index in [-0.39, 0.29) is 0 Å². The lowest BCUT2D eigenvalue weighted by Crippen LogP contribution is -2.33. The third-order valence-electron chi connectivity index (χ3n) is 2.87. The number of aliphatic hydroxyl groups is 1. The van der Waals surface area contributed by atoms with Crippen molar-refractivity contribution in [2.24, 2.45) is 0 Å². The van der Waals surface area contributed by atoms with Crippen LogP contribution in [0.2, 0.25) is 0 Å². The highest BCUT2D eigenvalue weighted by Gasteiger charge is 2.23. The molecule has 0 aromatic heterocycles. The number of benzene rings is 2. The monoisotopic (exact) mass is 241 g/mol. The molecule has 0 saturated heterocycles. The maximum Gasteiger partial charge on any atom is 0.0911 e. The van der Waals surface area contributed by atoms with E-state index in [1.54, 1.807) is 54.6 Å². The molecular formula is C15H13O3-. The second-order valence-corrected chi connectivity index (χ2v) is 4.06. The zero-order valence-corrected chi connectivity index (χ0v) is 9.69. The fourth-order valence-electron chi connectivity index (χ4n) is 1.95. The third-order valence-corrected chi connectivity index (χ3v) is 2.87. The van der Waals surface area contributed by atoms with Crippen molar-refractivity contribution in [3.8, 4) is 0 Å². The number of aliphatic carboxylic acids is 1. The van der Waals surface area contributed by atoms with Crippen LogP contribution in [0, 0.1) is 0 Å². The Morgan fingerprint density at radius 2 is 1.33 bits per heavy atom. The molecule has 0 bridgehead atoms. The first-order valence-electron chi connectivity index (χ1n) is 5.69. The Hall–Kier alpha value is -2.13. The quantitative estimate of drug-likeness (QED) is 0.876. The summed E-state index contributed by atoms with van der Waals surface area (Å²) >= 11 is 0. The molecule has 0 aliphatic rings. The van der Waals surface area contributed by atoms with E-state index in [0.29, 0.717) is 11.1 Å². The van der Waals surface area contributed by atoms with Gasteiger partial charge in [-0.1, -0.05) is 60.7 Å². The van der Waals surface area contributed by atoms with Crippen LogP contribution in [0.1, 0.15) is 23.1 Å². The second-order valence-electron chi connectivity index (χ2n) is 4.06. The number of aliphatic hydroxyl groups excluding tert-OH is 1. The molecule has 0 aliphatic carbocycles. The van der Waals surface area contributed by atoms with E-state index < -0.39 is 18.0 Å². The average Bonchev–Trinajstić information content (AvgIpc) is 2.40. The molecule has 92 valence electrons. The van der Waals surface area contributed by atoms with Crippen molar-refractivity contribution in [2.45, 2.75) is 12.0 Å². The van der Waals surface area contributed by atoms with Crippen LogP contribution in [0.5, 0.6) is 0 Å². The maximum absolute atomic E-state index is 11.2. The van der Waals surface area contributed by atoms with E-state index in [1.165, 1.54) is 0 Å². The molecule has 0 amide bonds. The molecule has 1 N–H and O–H groups in total. The van der Waals surface area contributed by atoms with Crippen molar-refractivity contribution >= 4 is 5.97 Å². The number of hydrogen-bond donors (Lipinski definition) is 1. The van der Waals surface area contributed by atoms with Crippen molar-refractivity contribution in [3.05, 3.63) is 71.8 Å². The van der Waals surface area contributed by atoms with Crippen LogP contribution in [-0.4, -0.2) is 11.1 Å². The molecule has 2 atom stereocenters. The lowest BCUT2D eigenvalue weighted by atomic mass is 9.89. The fraction of sp³-hybridized carbons (Fsp3) is 0.133. The van der Waals surface area contributed by atoms with Crippen LogP contribution in [0.3, 0.4) is 0 Å². The third kappa shape index (κ3) is 2.57. The lowest BCUT2D eigenvalue weighted by Gasteiger charge is -2.24. The molecule has 18 heavy (non-hydrogen) atoms. The van der Waals surface area contributed by atoms with Crippen LogP contribution in [-0.2, 0) is 4.79 Å². The minimum absolute atomic E-state index is 0.536. The van der Waals surface area contributed by atoms with Gasteiger partial charge in [0, 0.05) is 0 Å². The van der Waals surface area contributed by atoms with Gasteiger partial charge < -0.3 is 15.0 Å². The zero-order chi connectivity index (χ0) is 13.0. The number of rotatable bonds is 4. The number of carbonyl (C=O) groups excluding carboxylic acids is 1. The van der Waals surface area contributed by atoms with Crippen molar-refractivity contribution in [2.75, 3.05) is 0 Å². The van der Waals surface area contributed by atoms with E-state index in [9.17, 15) is 15.0 Å². The minimum Gasteiger partial charge on any atom is -0.549 e. The molecule has 2 aromatic carbocycles. The van der Waals surface area contributed by atoms with Crippen molar-refractivity contribution in [3.63, 3.8) is 0 Å². The largest absolute Gasteiger partial charge is 0.549 e. The molecule has 3 nitrogen and oxygen atoms in total. The minimum atomic E-state index is -1.28. The Kier molecular flexibility index (Phi) is 3.75. The first-order valence-corrected chi connectivity index (χ1v) is 5.69. The summed E-state index contributed by atoms with van der Waals surface area (Å²) in [6, 6.07) is 17.3. The molecule has 2 rings (SSSR count). The predicted octanol–water partition coefficient (Wildman–Crippen LogP) is 1.25. The Balaban J connectivity index is 2.35. The van der Waals surface area contributed by atoms with E-state index in [1.807, 2.05) is 6.07 Å². The van der Waals surface area contributed by atoms with Crippen molar-refractivity contribution < 1.29 is 15.0 Å². The first kappa shape index (κ1) is 12.3. The summed E-state index contributed by atoms with van der Waals surface area (Å²) in [6.07, 6.45) is -1.11. The molecule has 0 saturated carbocycles. The van der Waals surface area contributed by atoms with Crippen LogP contribution < -0.4 is 5.11 Å². The standard InChI is InChI=1S/C15H14O3/c16-14(12-9-5-2-6-10-12)13(15(17)18)11-7-3-1-4-8-11/h1-10,13-14,16H,(H,17,18)/p-1/t13-,14-/m0/s1. The van der Waals surface area contributed by atoms with E-state index in [2.05, 4.69) is 0 Å². The van der Waals surface area contributed by atoms with Gasteiger partial charge in [-0.15, -0.1) is 0 Å². The molecule has 3 heteroatoms. The SMILES string of the molecule is O=C([O-])[C@@H](c1ccccc1)[C@@H](O)c1ccccc1. The highest BCUT2D eigenvalue weighted by atomic mass is 16.4. The van der Waals surface area contributed by atoms with Gasteiger partial charge in [0.25, 0.3) is 0 Å². The summed E-state index contributed by atoms with van der Waals surface area (Å²) in [5.41, 5.74) is 1.10. The van der Waals surface area contributed by atoms with E-state index in [4.69, 9.17) is 0 Å². The second kappa shape index (κ2) is 5.47. The normalized spacial score (nSPS) is 13.8. The molecule has 0 unspecified atom stereocenters. The Morgan fingerprint density at radius 1 is 0.889 bits per heavy atom. The Morgan fingerprint density at radius 3 is 1.78 bits per heavy atom. The van der Waals surface area contributed by atoms with Crippen LogP contribution in [0.15, 0.2) is 60.7 Å². The summed E-state index contributed by atoms with van der Waals surface area (Å²) in [4.78, 5) is 11.2. The van der Waals surface area contributed by atoms with E-state index in [0.717, 1.165) is 0 Å². The van der Waals surface area contributed by atoms with Gasteiger partial charge in [0.15, 0.2) is 0 Å². The Labute approximate surface area is 105 Å². The van der Waals surface area contributed by atoms with Gasteiger partial charge in [-0.05, 0) is 11.1 Å². The maximum atomic E-state index is 11.2. The molecule has 0 spiro atoms. The fourth-order valence-corrected chi connectivity index (χ4v) is 1.95. The topological polar surface area (TPSA) is 60.4 Å². The van der Waals surface area contributed by atoms with Gasteiger partial charge in [0.05, 0.1) is 18.0 Å². The summed E-state index contributed by atoms with van der Waals surface area (Å²) in [6.45, 7) is 0. The van der Waals surface area contributed by atoms with Crippen LogP contribution in [0.25, 0.3) is 0 Å². The molecular weight excluding hydrogens is 228 g/mol. The van der Waals surface area contributed by atoms with Gasteiger partial charge in [-0.2, -0.15) is 0 Å². The number of carbonyl (C=O) groups is 1. The highest BCUT2D eigenvalue weighted by molar-refractivity contribution is 5.75. The average molecular weight is 241 g/mol. The zero-order valence-electron chi connectivity index (χ0n) is 9.69. The van der Waals surface area contributed by atoms with Crippen molar-refractivity contribution in [1.82, 2.24) is 0 Å². The molecule has 0 aliphatic heterocycles. The first-order chi connectivity index (χ1) is 8.70. The number of hydrogen-bond acceptors (Lipinski definition) is 3.